The highest BCUT2D eigenvalue weighted by molar-refractivity contribution is 7.11. The average molecular weight is 318 g/mol. The Hall–Kier alpha value is -1.65. The van der Waals surface area contributed by atoms with Gasteiger partial charge in [-0.25, -0.2) is 4.98 Å². The van der Waals surface area contributed by atoms with E-state index in [1.54, 1.807) is 17.5 Å². The SMILES string of the molecule is CCc1cnc(C(C)Nc2ccnc3cc(Cl)ccc23)s1. The number of aromatic nitrogens is 2. The first kappa shape index (κ1) is 14.3. The quantitative estimate of drug-likeness (QED) is 0.729. The molecular weight excluding hydrogens is 302 g/mol. The van der Waals surface area contributed by atoms with Crippen LogP contribution in [0.5, 0.6) is 0 Å². The third kappa shape index (κ3) is 3.01. The minimum Gasteiger partial charge on any atom is -0.375 e. The number of fused-ring (bicyclic) bond motifs is 1. The molecule has 108 valence electrons. The van der Waals surface area contributed by atoms with Crippen molar-refractivity contribution < 1.29 is 0 Å². The lowest BCUT2D eigenvalue weighted by atomic mass is 10.1. The number of rotatable bonds is 4. The van der Waals surface area contributed by atoms with Crippen molar-refractivity contribution in [2.24, 2.45) is 0 Å². The summed E-state index contributed by atoms with van der Waals surface area (Å²) >= 11 is 7.78. The number of benzene rings is 1. The van der Waals surface area contributed by atoms with Gasteiger partial charge < -0.3 is 5.32 Å². The molecule has 0 aliphatic carbocycles. The number of nitrogens with one attached hydrogen (secondary N) is 1. The molecule has 0 saturated carbocycles. The first-order valence-corrected chi connectivity index (χ1v) is 8.12. The molecule has 5 heteroatoms. The number of pyridine rings is 1. The lowest BCUT2D eigenvalue weighted by molar-refractivity contribution is 0.871. The maximum atomic E-state index is 6.02. The Kier molecular flexibility index (Phi) is 4.08. The molecule has 0 spiro atoms. The van der Waals surface area contributed by atoms with E-state index in [0.717, 1.165) is 28.0 Å². The van der Waals surface area contributed by atoms with Gasteiger partial charge in [-0.15, -0.1) is 11.3 Å². The summed E-state index contributed by atoms with van der Waals surface area (Å²) in [5.74, 6) is 0. The van der Waals surface area contributed by atoms with Crippen LogP contribution < -0.4 is 5.32 Å². The topological polar surface area (TPSA) is 37.8 Å². The maximum absolute atomic E-state index is 6.02. The monoisotopic (exact) mass is 317 g/mol. The van der Waals surface area contributed by atoms with E-state index < -0.39 is 0 Å². The van der Waals surface area contributed by atoms with Gasteiger partial charge in [-0.1, -0.05) is 18.5 Å². The van der Waals surface area contributed by atoms with Crippen molar-refractivity contribution in [1.82, 2.24) is 9.97 Å². The van der Waals surface area contributed by atoms with Crippen molar-refractivity contribution in [2.45, 2.75) is 26.3 Å². The molecule has 3 nitrogen and oxygen atoms in total. The summed E-state index contributed by atoms with van der Waals surface area (Å²) in [4.78, 5) is 10.2. The Morgan fingerprint density at radius 3 is 2.90 bits per heavy atom. The zero-order chi connectivity index (χ0) is 14.8. The molecule has 0 aliphatic heterocycles. The molecule has 1 aromatic carbocycles. The second-order valence-electron chi connectivity index (χ2n) is 4.90. The van der Waals surface area contributed by atoms with Crippen molar-refractivity contribution in [3.8, 4) is 0 Å². The minimum atomic E-state index is 0.163. The zero-order valence-electron chi connectivity index (χ0n) is 11.9. The molecule has 1 N–H and O–H groups in total. The van der Waals surface area contributed by atoms with Gasteiger partial charge in [0.25, 0.3) is 0 Å². The number of aryl methyl sites for hydroxylation is 1. The zero-order valence-corrected chi connectivity index (χ0v) is 13.5. The predicted octanol–water partition coefficient (Wildman–Crippen LogP) is 5.08. The van der Waals surface area contributed by atoms with E-state index in [-0.39, 0.29) is 6.04 Å². The van der Waals surface area contributed by atoms with E-state index in [4.69, 9.17) is 11.6 Å². The Balaban J connectivity index is 1.90. The lowest BCUT2D eigenvalue weighted by Crippen LogP contribution is -2.06. The van der Waals surface area contributed by atoms with Crippen LogP contribution in [0.4, 0.5) is 5.69 Å². The van der Waals surface area contributed by atoms with Crippen LogP contribution in [0.15, 0.2) is 36.7 Å². The standard InChI is InChI=1S/C16H16ClN3S/c1-3-12-9-19-16(21-12)10(2)20-14-6-7-18-15-8-11(17)4-5-13(14)15/h4-10H,3H2,1-2H3,(H,18,20). The van der Waals surface area contributed by atoms with Gasteiger partial charge in [0, 0.05) is 33.4 Å². The number of halogens is 1. The summed E-state index contributed by atoms with van der Waals surface area (Å²) in [6.07, 6.45) is 4.79. The highest BCUT2D eigenvalue weighted by Crippen LogP contribution is 2.29. The van der Waals surface area contributed by atoms with Gasteiger partial charge in [-0.3, -0.25) is 4.98 Å². The number of anilines is 1. The van der Waals surface area contributed by atoms with Gasteiger partial charge in [-0.2, -0.15) is 0 Å². The first-order chi connectivity index (χ1) is 10.2. The summed E-state index contributed by atoms with van der Waals surface area (Å²) in [5.41, 5.74) is 1.95. The molecule has 3 rings (SSSR count). The third-order valence-corrected chi connectivity index (χ3v) is 4.93. The van der Waals surface area contributed by atoms with E-state index >= 15 is 0 Å². The molecule has 0 bridgehead atoms. The van der Waals surface area contributed by atoms with Crippen LogP contribution in [0.3, 0.4) is 0 Å². The second-order valence-corrected chi connectivity index (χ2v) is 6.49. The van der Waals surface area contributed by atoms with E-state index in [1.165, 1.54) is 4.88 Å². The highest BCUT2D eigenvalue weighted by atomic mass is 35.5. The average Bonchev–Trinajstić information content (AvgIpc) is 2.96. The fourth-order valence-electron chi connectivity index (χ4n) is 2.23. The van der Waals surface area contributed by atoms with Crippen LogP contribution in [0.1, 0.15) is 29.8 Å². The Labute approximate surface area is 133 Å². The Bertz CT molecular complexity index is 769. The Morgan fingerprint density at radius 2 is 2.14 bits per heavy atom. The van der Waals surface area contributed by atoms with Gasteiger partial charge in [0.05, 0.1) is 11.6 Å². The number of hydrogen-bond donors (Lipinski definition) is 1. The molecule has 0 aliphatic rings. The van der Waals surface area contributed by atoms with Crippen LogP contribution in [-0.4, -0.2) is 9.97 Å². The molecular formula is C16H16ClN3S. The molecule has 2 heterocycles. The van der Waals surface area contributed by atoms with Crippen LogP contribution in [0.2, 0.25) is 5.02 Å². The summed E-state index contributed by atoms with van der Waals surface area (Å²) < 4.78 is 0. The summed E-state index contributed by atoms with van der Waals surface area (Å²) in [7, 11) is 0. The normalized spacial score (nSPS) is 12.5. The van der Waals surface area contributed by atoms with Crippen LogP contribution in [0.25, 0.3) is 10.9 Å². The second kappa shape index (κ2) is 6.00. The number of thiazole rings is 1. The lowest BCUT2D eigenvalue weighted by Gasteiger charge is -2.14. The van der Waals surface area contributed by atoms with Crippen LogP contribution in [-0.2, 0) is 6.42 Å². The molecule has 0 fully saturated rings. The fourth-order valence-corrected chi connectivity index (χ4v) is 3.25. The predicted molar refractivity (Wildman–Crippen MR) is 90.3 cm³/mol. The molecule has 3 aromatic rings. The molecule has 2 aromatic heterocycles. The van der Waals surface area contributed by atoms with Crippen LogP contribution in [0, 0.1) is 0 Å². The largest absolute Gasteiger partial charge is 0.375 e. The molecule has 0 radical (unpaired) electrons. The summed E-state index contributed by atoms with van der Waals surface area (Å²) in [5, 5.41) is 6.40. The van der Waals surface area contributed by atoms with Crippen molar-refractivity contribution in [1.29, 1.82) is 0 Å². The van der Waals surface area contributed by atoms with Crippen molar-refractivity contribution in [3.63, 3.8) is 0 Å². The van der Waals surface area contributed by atoms with E-state index in [0.29, 0.717) is 5.02 Å². The van der Waals surface area contributed by atoms with E-state index in [1.807, 2.05) is 30.5 Å². The molecule has 0 saturated heterocycles. The Morgan fingerprint density at radius 1 is 1.29 bits per heavy atom. The van der Waals surface area contributed by atoms with Gasteiger partial charge in [0.2, 0.25) is 0 Å². The smallest absolute Gasteiger partial charge is 0.115 e. The van der Waals surface area contributed by atoms with E-state index in [2.05, 4.69) is 29.1 Å². The van der Waals surface area contributed by atoms with Crippen molar-refractivity contribution in [3.05, 3.63) is 51.6 Å². The van der Waals surface area contributed by atoms with Gasteiger partial charge in [-0.05, 0) is 37.6 Å². The summed E-state index contributed by atoms with van der Waals surface area (Å²) in [6, 6.07) is 7.92. The highest BCUT2D eigenvalue weighted by Gasteiger charge is 2.11. The molecule has 1 atom stereocenters. The molecule has 0 amide bonds. The van der Waals surface area contributed by atoms with E-state index in [9.17, 15) is 0 Å². The minimum absolute atomic E-state index is 0.163. The summed E-state index contributed by atoms with van der Waals surface area (Å²) in [6.45, 7) is 4.27. The van der Waals surface area contributed by atoms with Crippen LogP contribution >= 0.6 is 22.9 Å². The van der Waals surface area contributed by atoms with Crippen molar-refractivity contribution >= 4 is 39.5 Å². The number of hydrogen-bond acceptors (Lipinski definition) is 4. The fraction of sp³-hybridized carbons (Fsp3) is 0.250. The molecule has 21 heavy (non-hydrogen) atoms. The first-order valence-electron chi connectivity index (χ1n) is 6.92. The number of nitrogens with zero attached hydrogens (tertiary/aromatic N) is 2. The van der Waals surface area contributed by atoms with Gasteiger partial charge in [0.15, 0.2) is 0 Å². The van der Waals surface area contributed by atoms with Crippen molar-refractivity contribution in [2.75, 3.05) is 5.32 Å². The van der Waals surface area contributed by atoms with Gasteiger partial charge in [0.1, 0.15) is 5.01 Å². The third-order valence-electron chi connectivity index (χ3n) is 3.37. The maximum Gasteiger partial charge on any atom is 0.115 e. The van der Waals surface area contributed by atoms with Gasteiger partial charge >= 0.3 is 0 Å². The molecule has 1 unspecified atom stereocenters.